The van der Waals surface area contributed by atoms with Crippen molar-refractivity contribution in [2.24, 2.45) is 0 Å². The van der Waals surface area contributed by atoms with Crippen LogP contribution in [0.3, 0.4) is 0 Å². The van der Waals surface area contributed by atoms with E-state index in [2.05, 4.69) is 6.58 Å². The normalized spacial score (nSPS) is 24.3. The highest BCUT2D eigenvalue weighted by molar-refractivity contribution is 5.78. The average molecular weight is 155 g/mol. The Kier molecular flexibility index (Phi) is 2.65. The Morgan fingerprint density at radius 3 is 3.09 bits per heavy atom. The Labute approximate surface area is 66.3 Å². The lowest BCUT2D eigenvalue weighted by atomic mass is 10.2. The zero-order chi connectivity index (χ0) is 8.27. The van der Waals surface area contributed by atoms with Crippen molar-refractivity contribution in [3.05, 3.63) is 12.7 Å². The first kappa shape index (κ1) is 8.27. The van der Waals surface area contributed by atoms with E-state index in [4.69, 9.17) is 5.11 Å². The van der Waals surface area contributed by atoms with Crippen molar-refractivity contribution in [3.8, 4) is 0 Å². The number of aliphatic hydroxyl groups excluding tert-OH is 1. The molecule has 0 unspecified atom stereocenters. The summed E-state index contributed by atoms with van der Waals surface area (Å²) in [6.45, 7) is 4.18. The SMILES string of the molecule is C=CCN1C(=O)CC[C@@H]1CO. The molecule has 1 fully saturated rings. The van der Waals surface area contributed by atoms with Crippen molar-refractivity contribution in [2.75, 3.05) is 13.2 Å². The van der Waals surface area contributed by atoms with Crippen LogP contribution in [-0.2, 0) is 4.79 Å². The Balaban J connectivity index is 2.55. The lowest BCUT2D eigenvalue weighted by Gasteiger charge is -2.20. The molecule has 1 amide bonds. The van der Waals surface area contributed by atoms with Crippen molar-refractivity contribution in [3.63, 3.8) is 0 Å². The fourth-order valence-corrected chi connectivity index (χ4v) is 1.37. The van der Waals surface area contributed by atoms with E-state index >= 15 is 0 Å². The van der Waals surface area contributed by atoms with Crippen molar-refractivity contribution in [1.82, 2.24) is 4.90 Å². The minimum atomic E-state index is 0.0282. The maximum Gasteiger partial charge on any atom is 0.223 e. The second-order valence-electron chi connectivity index (χ2n) is 2.71. The standard InChI is InChI=1S/C8H13NO2/c1-2-5-9-7(6-10)3-4-8(9)11/h2,7,10H,1,3-6H2/t7-/m1/s1. The molecule has 0 bridgehead atoms. The van der Waals surface area contributed by atoms with Gasteiger partial charge in [0, 0.05) is 13.0 Å². The van der Waals surface area contributed by atoms with Gasteiger partial charge < -0.3 is 10.0 Å². The van der Waals surface area contributed by atoms with Gasteiger partial charge in [-0.05, 0) is 6.42 Å². The highest BCUT2D eigenvalue weighted by Gasteiger charge is 2.28. The summed E-state index contributed by atoms with van der Waals surface area (Å²) in [5.74, 6) is 0.129. The molecule has 11 heavy (non-hydrogen) atoms. The molecule has 62 valence electrons. The molecule has 1 rings (SSSR count). The first-order chi connectivity index (χ1) is 5.29. The molecule has 1 saturated heterocycles. The molecule has 3 heteroatoms. The highest BCUT2D eigenvalue weighted by Crippen LogP contribution is 2.17. The topological polar surface area (TPSA) is 40.5 Å². The van der Waals surface area contributed by atoms with Crippen LogP contribution in [0.5, 0.6) is 0 Å². The maximum atomic E-state index is 11.1. The van der Waals surface area contributed by atoms with Gasteiger partial charge in [0.1, 0.15) is 0 Å². The molecule has 1 heterocycles. The number of aliphatic hydroxyl groups is 1. The van der Waals surface area contributed by atoms with E-state index in [0.29, 0.717) is 13.0 Å². The molecule has 0 aromatic heterocycles. The van der Waals surface area contributed by atoms with Crippen molar-refractivity contribution in [1.29, 1.82) is 0 Å². The summed E-state index contributed by atoms with van der Waals surface area (Å²) >= 11 is 0. The third-order valence-corrected chi connectivity index (χ3v) is 1.99. The molecule has 0 aromatic carbocycles. The van der Waals surface area contributed by atoms with Gasteiger partial charge in [-0.15, -0.1) is 6.58 Å². The molecule has 1 N–H and O–H groups in total. The number of rotatable bonds is 3. The molecule has 1 aliphatic rings. The number of hydrogen-bond acceptors (Lipinski definition) is 2. The summed E-state index contributed by atoms with van der Waals surface area (Å²) in [6, 6.07) is 0.0282. The van der Waals surface area contributed by atoms with Gasteiger partial charge in [-0.3, -0.25) is 4.79 Å². The molecule has 3 nitrogen and oxygen atoms in total. The maximum absolute atomic E-state index is 11.1. The molecule has 0 aromatic rings. The van der Waals surface area contributed by atoms with E-state index in [9.17, 15) is 4.79 Å². The number of hydrogen-bond donors (Lipinski definition) is 1. The zero-order valence-corrected chi connectivity index (χ0v) is 6.49. The minimum Gasteiger partial charge on any atom is -0.394 e. The Morgan fingerprint density at radius 1 is 1.82 bits per heavy atom. The van der Waals surface area contributed by atoms with Gasteiger partial charge in [-0.2, -0.15) is 0 Å². The van der Waals surface area contributed by atoms with E-state index in [0.717, 1.165) is 6.42 Å². The zero-order valence-electron chi connectivity index (χ0n) is 6.49. The summed E-state index contributed by atoms with van der Waals surface area (Å²) in [4.78, 5) is 12.8. The summed E-state index contributed by atoms with van der Waals surface area (Å²) in [6.07, 6.45) is 3.04. The van der Waals surface area contributed by atoms with Crippen LogP contribution in [0, 0.1) is 0 Å². The average Bonchev–Trinajstić information content (AvgIpc) is 2.34. The fraction of sp³-hybridized carbons (Fsp3) is 0.625. The predicted molar refractivity (Wildman–Crippen MR) is 42.0 cm³/mol. The molecule has 0 aliphatic carbocycles. The van der Waals surface area contributed by atoms with E-state index in [-0.39, 0.29) is 18.6 Å². The largest absolute Gasteiger partial charge is 0.394 e. The Morgan fingerprint density at radius 2 is 2.55 bits per heavy atom. The lowest BCUT2D eigenvalue weighted by molar-refractivity contribution is -0.128. The molecular formula is C8H13NO2. The number of likely N-dealkylation sites (tertiary alicyclic amines) is 1. The van der Waals surface area contributed by atoms with Crippen LogP contribution in [0.2, 0.25) is 0 Å². The molecule has 0 saturated carbocycles. The first-order valence-electron chi connectivity index (χ1n) is 3.80. The van der Waals surface area contributed by atoms with E-state index in [1.165, 1.54) is 0 Å². The first-order valence-corrected chi connectivity index (χ1v) is 3.80. The fourth-order valence-electron chi connectivity index (χ4n) is 1.37. The minimum absolute atomic E-state index is 0.0282. The second kappa shape index (κ2) is 3.53. The smallest absolute Gasteiger partial charge is 0.223 e. The van der Waals surface area contributed by atoms with Crippen LogP contribution >= 0.6 is 0 Å². The van der Waals surface area contributed by atoms with Gasteiger partial charge in [-0.25, -0.2) is 0 Å². The number of amides is 1. The van der Waals surface area contributed by atoms with Crippen molar-refractivity contribution >= 4 is 5.91 Å². The molecule has 0 spiro atoms. The Hall–Kier alpha value is -0.830. The van der Waals surface area contributed by atoms with Gasteiger partial charge in [0.2, 0.25) is 5.91 Å². The van der Waals surface area contributed by atoms with Crippen molar-refractivity contribution < 1.29 is 9.90 Å². The summed E-state index contributed by atoms with van der Waals surface area (Å²) < 4.78 is 0. The van der Waals surface area contributed by atoms with Gasteiger partial charge in [0.15, 0.2) is 0 Å². The highest BCUT2D eigenvalue weighted by atomic mass is 16.3. The lowest BCUT2D eigenvalue weighted by Crippen LogP contribution is -2.35. The van der Waals surface area contributed by atoms with Crippen LogP contribution in [0.25, 0.3) is 0 Å². The molecule has 1 aliphatic heterocycles. The monoisotopic (exact) mass is 155 g/mol. The number of nitrogens with zero attached hydrogens (tertiary/aromatic N) is 1. The van der Waals surface area contributed by atoms with Crippen LogP contribution in [-0.4, -0.2) is 35.1 Å². The number of carbonyl (C=O) groups excluding carboxylic acids is 1. The van der Waals surface area contributed by atoms with E-state index in [1.807, 2.05) is 0 Å². The summed E-state index contributed by atoms with van der Waals surface area (Å²) in [5, 5.41) is 8.85. The second-order valence-corrected chi connectivity index (χ2v) is 2.71. The van der Waals surface area contributed by atoms with E-state index in [1.54, 1.807) is 11.0 Å². The summed E-state index contributed by atoms with van der Waals surface area (Å²) in [5.41, 5.74) is 0. The number of carbonyl (C=O) groups is 1. The summed E-state index contributed by atoms with van der Waals surface area (Å²) in [7, 11) is 0. The Bertz CT molecular complexity index is 167. The van der Waals surface area contributed by atoms with Gasteiger partial charge in [0.05, 0.1) is 12.6 Å². The molecule has 1 atom stereocenters. The third-order valence-electron chi connectivity index (χ3n) is 1.99. The predicted octanol–water partition coefficient (Wildman–Crippen LogP) is 0.156. The third kappa shape index (κ3) is 1.60. The quantitative estimate of drug-likeness (QED) is 0.589. The molecular weight excluding hydrogens is 142 g/mol. The van der Waals surface area contributed by atoms with Crippen LogP contribution in [0.4, 0.5) is 0 Å². The van der Waals surface area contributed by atoms with Gasteiger partial charge in [-0.1, -0.05) is 6.08 Å². The van der Waals surface area contributed by atoms with Crippen LogP contribution in [0.1, 0.15) is 12.8 Å². The van der Waals surface area contributed by atoms with Gasteiger partial charge in [0.25, 0.3) is 0 Å². The van der Waals surface area contributed by atoms with E-state index < -0.39 is 0 Å². The van der Waals surface area contributed by atoms with Crippen molar-refractivity contribution in [2.45, 2.75) is 18.9 Å². The molecule has 0 radical (unpaired) electrons. The van der Waals surface area contributed by atoms with Crippen LogP contribution in [0.15, 0.2) is 12.7 Å². The van der Waals surface area contributed by atoms with Crippen LogP contribution < -0.4 is 0 Å². The van der Waals surface area contributed by atoms with Gasteiger partial charge >= 0.3 is 0 Å².